The zero-order chi connectivity index (χ0) is 15.9. The normalized spacial score (nSPS) is 11.9. The second-order valence-corrected chi connectivity index (χ2v) is 5.36. The summed E-state index contributed by atoms with van der Waals surface area (Å²) in [5.41, 5.74) is 0.479. The molecule has 0 aliphatic carbocycles. The summed E-state index contributed by atoms with van der Waals surface area (Å²) in [4.78, 5) is 23.9. The van der Waals surface area contributed by atoms with Gasteiger partial charge in [0.05, 0.1) is 5.56 Å². The second kappa shape index (κ2) is 7.59. The number of ether oxygens (including phenoxy) is 1. The van der Waals surface area contributed by atoms with Crippen molar-refractivity contribution in [1.29, 1.82) is 0 Å². The summed E-state index contributed by atoms with van der Waals surface area (Å²) < 4.78 is 5.13. The molecule has 4 heteroatoms. The third-order valence-corrected chi connectivity index (χ3v) is 3.47. The molecule has 0 fully saturated rings. The molecular weight excluding hydrogens is 278 g/mol. The fourth-order valence-corrected chi connectivity index (χ4v) is 2.43. The van der Waals surface area contributed by atoms with Gasteiger partial charge in [0.2, 0.25) is 0 Å². The Balaban J connectivity index is 1.98. The van der Waals surface area contributed by atoms with E-state index in [2.05, 4.69) is 12.2 Å². The number of amides is 1. The summed E-state index contributed by atoms with van der Waals surface area (Å²) in [6.45, 7) is 3.74. The van der Waals surface area contributed by atoms with Crippen LogP contribution in [0.2, 0.25) is 0 Å². The molecule has 4 nitrogen and oxygen atoms in total. The van der Waals surface area contributed by atoms with Crippen LogP contribution >= 0.6 is 0 Å². The van der Waals surface area contributed by atoms with Gasteiger partial charge in [0, 0.05) is 6.04 Å². The highest BCUT2D eigenvalue weighted by atomic mass is 16.5. The number of hydrogen-bond acceptors (Lipinski definition) is 3. The minimum Gasteiger partial charge on any atom is -0.452 e. The van der Waals surface area contributed by atoms with Gasteiger partial charge in [-0.25, -0.2) is 4.79 Å². The van der Waals surface area contributed by atoms with Crippen molar-refractivity contribution < 1.29 is 14.3 Å². The smallest absolute Gasteiger partial charge is 0.339 e. The Morgan fingerprint density at radius 2 is 1.86 bits per heavy atom. The molecule has 0 aliphatic heterocycles. The zero-order valence-corrected chi connectivity index (χ0v) is 13.0. The van der Waals surface area contributed by atoms with Crippen LogP contribution in [0.4, 0.5) is 0 Å². The van der Waals surface area contributed by atoms with E-state index in [4.69, 9.17) is 4.74 Å². The van der Waals surface area contributed by atoms with Gasteiger partial charge in [-0.3, -0.25) is 4.79 Å². The molecule has 0 spiro atoms. The van der Waals surface area contributed by atoms with Crippen molar-refractivity contribution in [3.8, 4) is 0 Å². The SMILES string of the molecule is CCC[C@H](C)NC(=O)COC(=O)c1cccc2ccccc12. The van der Waals surface area contributed by atoms with Crippen LogP contribution in [-0.4, -0.2) is 24.5 Å². The highest BCUT2D eigenvalue weighted by Gasteiger charge is 2.14. The molecule has 0 aliphatic rings. The summed E-state index contributed by atoms with van der Waals surface area (Å²) in [5.74, 6) is -0.746. The van der Waals surface area contributed by atoms with Gasteiger partial charge in [-0.2, -0.15) is 0 Å². The lowest BCUT2D eigenvalue weighted by Crippen LogP contribution is -2.35. The Kier molecular flexibility index (Phi) is 5.53. The predicted molar refractivity (Wildman–Crippen MR) is 86.7 cm³/mol. The van der Waals surface area contributed by atoms with Crippen LogP contribution in [0.3, 0.4) is 0 Å². The van der Waals surface area contributed by atoms with Gasteiger partial charge in [0.1, 0.15) is 0 Å². The average molecular weight is 299 g/mol. The first-order valence-electron chi connectivity index (χ1n) is 7.56. The maximum Gasteiger partial charge on any atom is 0.339 e. The Bertz CT molecular complexity index is 661. The van der Waals surface area contributed by atoms with E-state index in [0.29, 0.717) is 5.56 Å². The molecule has 0 heterocycles. The van der Waals surface area contributed by atoms with Gasteiger partial charge < -0.3 is 10.1 Å². The van der Waals surface area contributed by atoms with Gasteiger partial charge in [-0.1, -0.05) is 49.7 Å². The quantitative estimate of drug-likeness (QED) is 0.833. The third-order valence-electron chi connectivity index (χ3n) is 3.47. The maximum absolute atomic E-state index is 12.2. The molecular formula is C18H21NO3. The standard InChI is InChI=1S/C18H21NO3/c1-3-7-13(2)19-17(20)12-22-18(21)16-11-6-9-14-8-4-5-10-15(14)16/h4-6,8-11,13H,3,7,12H2,1-2H3,(H,19,20)/t13-/m0/s1. The van der Waals surface area contributed by atoms with E-state index < -0.39 is 5.97 Å². The minimum atomic E-state index is -0.477. The van der Waals surface area contributed by atoms with E-state index in [1.807, 2.05) is 43.3 Å². The summed E-state index contributed by atoms with van der Waals surface area (Å²) >= 11 is 0. The van der Waals surface area contributed by atoms with E-state index in [1.165, 1.54) is 0 Å². The van der Waals surface area contributed by atoms with Gasteiger partial charge >= 0.3 is 5.97 Å². The van der Waals surface area contributed by atoms with Crippen molar-refractivity contribution in [3.05, 3.63) is 48.0 Å². The zero-order valence-electron chi connectivity index (χ0n) is 13.0. The van der Waals surface area contributed by atoms with Crippen molar-refractivity contribution in [2.24, 2.45) is 0 Å². The maximum atomic E-state index is 12.2. The van der Waals surface area contributed by atoms with Crippen LogP contribution in [0.15, 0.2) is 42.5 Å². The van der Waals surface area contributed by atoms with Gasteiger partial charge in [0.25, 0.3) is 5.91 Å². The van der Waals surface area contributed by atoms with Gasteiger partial charge in [0.15, 0.2) is 6.61 Å². The van der Waals surface area contributed by atoms with Crippen molar-refractivity contribution in [1.82, 2.24) is 5.32 Å². The minimum absolute atomic E-state index is 0.0914. The number of esters is 1. The van der Waals surface area contributed by atoms with E-state index in [0.717, 1.165) is 23.6 Å². The van der Waals surface area contributed by atoms with E-state index >= 15 is 0 Å². The van der Waals surface area contributed by atoms with Crippen molar-refractivity contribution in [2.45, 2.75) is 32.7 Å². The number of nitrogens with one attached hydrogen (secondary N) is 1. The number of carbonyl (C=O) groups is 2. The molecule has 1 atom stereocenters. The molecule has 0 unspecified atom stereocenters. The number of benzene rings is 2. The average Bonchev–Trinajstić information content (AvgIpc) is 2.52. The Labute approximate surface area is 130 Å². The van der Waals surface area contributed by atoms with Crippen LogP contribution in [0, 0.1) is 0 Å². The van der Waals surface area contributed by atoms with Crippen LogP contribution in [0.5, 0.6) is 0 Å². The van der Waals surface area contributed by atoms with Crippen molar-refractivity contribution in [3.63, 3.8) is 0 Å². The van der Waals surface area contributed by atoms with Crippen molar-refractivity contribution >= 4 is 22.6 Å². The summed E-state index contributed by atoms with van der Waals surface area (Å²) in [5, 5.41) is 4.61. The fourth-order valence-electron chi connectivity index (χ4n) is 2.43. The molecule has 2 aromatic carbocycles. The molecule has 0 saturated carbocycles. The largest absolute Gasteiger partial charge is 0.452 e. The topological polar surface area (TPSA) is 55.4 Å². The fraction of sp³-hybridized carbons (Fsp3) is 0.333. The van der Waals surface area contributed by atoms with Crippen LogP contribution < -0.4 is 5.32 Å². The molecule has 0 radical (unpaired) electrons. The molecule has 2 aromatic rings. The van der Waals surface area contributed by atoms with Gasteiger partial charge in [-0.05, 0) is 30.2 Å². The lowest BCUT2D eigenvalue weighted by Gasteiger charge is -2.13. The van der Waals surface area contributed by atoms with E-state index in [9.17, 15) is 9.59 Å². The summed E-state index contributed by atoms with van der Waals surface area (Å²) in [7, 11) is 0. The molecule has 0 saturated heterocycles. The third kappa shape index (κ3) is 4.07. The monoisotopic (exact) mass is 299 g/mol. The highest BCUT2D eigenvalue weighted by Crippen LogP contribution is 2.19. The Morgan fingerprint density at radius 1 is 1.14 bits per heavy atom. The van der Waals surface area contributed by atoms with Crippen molar-refractivity contribution in [2.75, 3.05) is 6.61 Å². The first-order chi connectivity index (χ1) is 10.6. The molecule has 1 amide bonds. The summed E-state index contributed by atoms with van der Waals surface area (Å²) in [6.07, 6.45) is 1.90. The molecule has 22 heavy (non-hydrogen) atoms. The highest BCUT2D eigenvalue weighted by molar-refractivity contribution is 6.04. The van der Waals surface area contributed by atoms with Crippen LogP contribution in [0.1, 0.15) is 37.0 Å². The first kappa shape index (κ1) is 16.0. The second-order valence-electron chi connectivity index (χ2n) is 5.36. The Morgan fingerprint density at radius 3 is 2.64 bits per heavy atom. The number of hydrogen-bond donors (Lipinski definition) is 1. The lowest BCUT2D eigenvalue weighted by atomic mass is 10.1. The van der Waals surface area contributed by atoms with Gasteiger partial charge in [-0.15, -0.1) is 0 Å². The number of carbonyl (C=O) groups excluding carboxylic acids is 2. The predicted octanol–water partition coefficient (Wildman–Crippen LogP) is 3.30. The number of fused-ring (bicyclic) bond motifs is 1. The van der Waals surface area contributed by atoms with Crippen LogP contribution in [0.25, 0.3) is 10.8 Å². The van der Waals surface area contributed by atoms with E-state index in [1.54, 1.807) is 6.07 Å². The van der Waals surface area contributed by atoms with E-state index in [-0.39, 0.29) is 18.6 Å². The molecule has 1 N–H and O–H groups in total. The Hall–Kier alpha value is -2.36. The molecule has 2 rings (SSSR count). The first-order valence-corrected chi connectivity index (χ1v) is 7.56. The van der Waals surface area contributed by atoms with Crippen LogP contribution in [-0.2, 0) is 9.53 Å². The molecule has 0 aromatic heterocycles. The lowest BCUT2D eigenvalue weighted by molar-refractivity contribution is -0.124. The number of rotatable bonds is 6. The molecule has 0 bridgehead atoms. The molecule has 116 valence electrons. The summed E-state index contributed by atoms with van der Waals surface area (Å²) in [6, 6.07) is 13.1.